The molecule has 6 nitrogen and oxygen atoms in total. The molecule has 1 saturated heterocycles. The van der Waals surface area contributed by atoms with Gasteiger partial charge in [-0.2, -0.15) is 8.78 Å². The van der Waals surface area contributed by atoms with Crippen molar-refractivity contribution in [2.75, 3.05) is 33.3 Å². The van der Waals surface area contributed by atoms with Crippen LogP contribution < -0.4 is 15.2 Å². The van der Waals surface area contributed by atoms with Crippen molar-refractivity contribution in [3.8, 4) is 11.5 Å². The molecule has 0 aromatic heterocycles. The van der Waals surface area contributed by atoms with Gasteiger partial charge in [0.1, 0.15) is 11.6 Å². The highest BCUT2D eigenvalue weighted by Crippen LogP contribution is 2.32. The Labute approximate surface area is 232 Å². The number of likely N-dealkylation sites (tertiary alicyclic amines) is 1. The van der Waals surface area contributed by atoms with Crippen LogP contribution >= 0.6 is 0 Å². The van der Waals surface area contributed by atoms with Crippen molar-refractivity contribution in [1.82, 2.24) is 9.80 Å². The fourth-order valence-corrected chi connectivity index (χ4v) is 5.83. The van der Waals surface area contributed by atoms with Crippen molar-refractivity contribution in [2.45, 2.75) is 63.6 Å². The van der Waals surface area contributed by atoms with E-state index in [-0.39, 0.29) is 46.7 Å². The summed E-state index contributed by atoms with van der Waals surface area (Å²) in [7, 11) is 1.31. The molecule has 2 aliphatic rings. The second-order valence-electron chi connectivity index (χ2n) is 10.9. The molecule has 1 heterocycles. The number of rotatable bonds is 11. The van der Waals surface area contributed by atoms with E-state index in [1.54, 1.807) is 17.9 Å². The molecule has 1 aliphatic heterocycles. The fourth-order valence-electron chi connectivity index (χ4n) is 5.83. The average Bonchev–Trinajstić information content (AvgIpc) is 3.53. The standard InChI is InChI=1S/C30H37F4N3O3/c1-20(14-21-7-9-23(31)16-25(21)32)17-37(18-24-6-5-13-36(24)19-30(35)11-3-4-12-30)28(38)22-8-10-26(40-29(33)34)27(15-22)39-2/h7-10,14-16,24,29H,3-6,11-13,17-19,35H2,1-2H3/b20-14+/t24-/m0/s1. The van der Waals surface area contributed by atoms with Crippen molar-refractivity contribution >= 4 is 12.0 Å². The summed E-state index contributed by atoms with van der Waals surface area (Å²) in [6.45, 7) is 1.00. The Hall–Kier alpha value is -3.11. The lowest BCUT2D eigenvalue weighted by atomic mass is 9.98. The minimum Gasteiger partial charge on any atom is -0.493 e. The van der Waals surface area contributed by atoms with Crippen molar-refractivity contribution < 1.29 is 31.8 Å². The topological polar surface area (TPSA) is 68.0 Å². The van der Waals surface area contributed by atoms with E-state index in [0.717, 1.165) is 57.7 Å². The summed E-state index contributed by atoms with van der Waals surface area (Å²) in [5.41, 5.74) is 7.62. The van der Waals surface area contributed by atoms with E-state index in [2.05, 4.69) is 9.64 Å². The number of nitrogens with two attached hydrogens (primary N) is 1. The van der Waals surface area contributed by atoms with Gasteiger partial charge in [0.05, 0.1) is 7.11 Å². The maximum absolute atomic E-state index is 14.3. The van der Waals surface area contributed by atoms with Gasteiger partial charge < -0.3 is 20.1 Å². The Balaban J connectivity index is 1.59. The van der Waals surface area contributed by atoms with Crippen LogP contribution in [0.5, 0.6) is 11.5 Å². The second-order valence-corrected chi connectivity index (χ2v) is 10.9. The molecule has 0 bridgehead atoms. The summed E-state index contributed by atoms with van der Waals surface area (Å²) in [5, 5.41) is 0. The number of nitrogens with zero attached hydrogens (tertiary/aromatic N) is 2. The minimum absolute atomic E-state index is 0.0144. The number of amides is 1. The van der Waals surface area contributed by atoms with Crippen LogP contribution in [0.4, 0.5) is 17.6 Å². The summed E-state index contributed by atoms with van der Waals surface area (Å²) in [5.74, 6) is -1.85. The van der Waals surface area contributed by atoms with Gasteiger partial charge >= 0.3 is 6.61 Å². The summed E-state index contributed by atoms with van der Waals surface area (Å²) in [4.78, 5) is 17.9. The van der Waals surface area contributed by atoms with Crippen molar-refractivity contribution in [1.29, 1.82) is 0 Å². The van der Waals surface area contributed by atoms with Gasteiger partial charge in [-0.05, 0) is 69.5 Å². The molecule has 1 aliphatic carbocycles. The number of carbonyl (C=O) groups is 1. The van der Waals surface area contributed by atoms with E-state index >= 15 is 0 Å². The van der Waals surface area contributed by atoms with Gasteiger partial charge in [-0.1, -0.05) is 24.5 Å². The van der Waals surface area contributed by atoms with Crippen molar-refractivity contribution in [3.63, 3.8) is 0 Å². The Kier molecular flexibility index (Phi) is 9.73. The SMILES string of the molecule is COc1cc(C(=O)N(C/C(C)=C/c2ccc(F)cc2F)C[C@@H]2CCCN2CC2(N)CCCC2)ccc1OC(F)F. The van der Waals surface area contributed by atoms with Crippen LogP contribution in [0.15, 0.2) is 42.0 Å². The molecule has 1 atom stereocenters. The molecular formula is C30H37F4N3O3. The Morgan fingerprint density at radius 2 is 1.90 bits per heavy atom. The summed E-state index contributed by atoms with van der Waals surface area (Å²) < 4.78 is 63.1. The predicted molar refractivity (Wildman–Crippen MR) is 146 cm³/mol. The normalized spacial score (nSPS) is 19.3. The quantitative estimate of drug-likeness (QED) is 0.347. The molecule has 1 saturated carbocycles. The van der Waals surface area contributed by atoms with Crippen LogP contribution in [-0.2, 0) is 0 Å². The highest BCUT2D eigenvalue weighted by Gasteiger charge is 2.36. The third-order valence-corrected chi connectivity index (χ3v) is 7.77. The zero-order valence-corrected chi connectivity index (χ0v) is 23.0. The van der Waals surface area contributed by atoms with Gasteiger partial charge in [0.25, 0.3) is 5.91 Å². The number of alkyl halides is 2. The fraction of sp³-hybridized carbons (Fsp3) is 0.500. The number of benzene rings is 2. The van der Waals surface area contributed by atoms with Crippen molar-refractivity contribution in [3.05, 3.63) is 64.7 Å². The van der Waals surface area contributed by atoms with E-state index in [4.69, 9.17) is 10.5 Å². The zero-order chi connectivity index (χ0) is 28.9. The summed E-state index contributed by atoms with van der Waals surface area (Å²) in [6, 6.07) is 7.53. The Bertz CT molecular complexity index is 1220. The van der Waals surface area contributed by atoms with Gasteiger partial charge in [-0.3, -0.25) is 9.69 Å². The molecule has 2 N–H and O–H groups in total. The van der Waals surface area contributed by atoms with E-state index in [9.17, 15) is 22.4 Å². The van der Waals surface area contributed by atoms with Crippen LogP contribution in [-0.4, -0.2) is 67.2 Å². The van der Waals surface area contributed by atoms with Crippen LogP contribution in [0.25, 0.3) is 6.08 Å². The molecule has 10 heteroatoms. The smallest absolute Gasteiger partial charge is 0.387 e. The molecule has 2 aromatic carbocycles. The monoisotopic (exact) mass is 563 g/mol. The number of halogens is 4. The van der Waals surface area contributed by atoms with E-state index < -0.39 is 18.2 Å². The molecule has 2 fully saturated rings. The van der Waals surface area contributed by atoms with Gasteiger partial charge in [0, 0.05) is 48.4 Å². The van der Waals surface area contributed by atoms with Gasteiger partial charge in [-0.15, -0.1) is 0 Å². The Morgan fingerprint density at radius 3 is 2.58 bits per heavy atom. The zero-order valence-electron chi connectivity index (χ0n) is 23.0. The number of methoxy groups -OCH3 is 1. The highest BCUT2D eigenvalue weighted by atomic mass is 19.3. The first-order valence-electron chi connectivity index (χ1n) is 13.6. The molecular weight excluding hydrogens is 526 g/mol. The van der Waals surface area contributed by atoms with E-state index in [1.165, 1.54) is 37.4 Å². The number of carbonyl (C=O) groups excluding carboxylic acids is 1. The number of hydrogen-bond acceptors (Lipinski definition) is 5. The third kappa shape index (κ3) is 7.54. The molecule has 2 aromatic rings. The summed E-state index contributed by atoms with van der Waals surface area (Å²) in [6.07, 6.45) is 7.70. The van der Waals surface area contributed by atoms with Crippen LogP contribution in [0.2, 0.25) is 0 Å². The lowest BCUT2D eigenvalue weighted by Gasteiger charge is -2.36. The van der Waals surface area contributed by atoms with Gasteiger partial charge in [0.2, 0.25) is 0 Å². The van der Waals surface area contributed by atoms with Crippen LogP contribution in [0, 0.1) is 11.6 Å². The van der Waals surface area contributed by atoms with Gasteiger partial charge in [0.15, 0.2) is 11.5 Å². The molecule has 40 heavy (non-hydrogen) atoms. The van der Waals surface area contributed by atoms with E-state index in [1.807, 2.05) is 0 Å². The van der Waals surface area contributed by atoms with Crippen LogP contribution in [0.1, 0.15) is 61.4 Å². The first-order chi connectivity index (χ1) is 19.1. The predicted octanol–water partition coefficient (Wildman–Crippen LogP) is 5.86. The Morgan fingerprint density at radius 1 is 1.15 bits per heavy atom. The third-order valence-electron chi connectivity index (χ3n) is 7.77. The number of ether oxygens (including phenoxy) is 2. The van der Waals surface area contributed by atoms with Crippen molar-refractivity contribution in [2.24, 2.45) is 5.73 Å². The molecule has 218 valence electrons. The largest absolute Gasteiger partial charge is 0.493 e. The van der Waals surface area contributed by atoms with Gasteiger partial charge in [-0.25, -0.2) is 8.78 Å². The lowest BCUT2D eigenvalue weighted by molar-refractivity contribution is -0.0512. The first kappa shape index (κ1) is 29.9. The van der Waals surface area contributed by atoms with Crippen LogP contribution in [0.3, 0.4) is 0 Å². The first-order valence-corrected chi connectivity index (χ1v) is 13.6. The van der Waals surface area contributed by atoms with E-state index in [0.29, 0.717) is 12.1 Å². The molecule has 1 amide bonds. The highest BCUT2D eigenvalue weighted by molar-refractivity contribution is 5.95. The molecule has 4 rings (SSSR count). The lowest BCUT2D eigenvalue weighted by Crippen LogP contribution is -2.52. The maximum Gasteiger partial charge on any atom is 0.387 e. The minimum atomic E-state index is -3.04. The second kappa shape index (κ2) is 13.0. The molecule has 0 spiro atoms. The number of hydrogen-bond donors (Lipinski definition) is 1. The maximum atomic E-state index is 14.3. The molecule has 0 radical (unpaired) electrons. The summed E-state index contributed by atoms with van der Waals surface area (Å²) >= 11 is 0. The molecule has 0 unspecified atom stereocenters. The average molecular weight is 564 g/mol.